The number of aromatic nitrogens is 1. The summed E-state index contributed by atoms with van der Waals surface area (Å²) in [5, 5.41) is 4.81. The van der Waals surface area contributed by atoms with E-state index >= 15 is 0 Å². The molecule has 0 atom stereocenters. The Hall–Kier alpha value is -1.72. The maximum Gasteiger partial charge on any atom is 0.283 e. The fourth-order valence-electron chi connectivity index (χ4n) is 1.80. The molecule has 25 heavy (non-hydrogen) atoms. The van der Waals surface area contributed by atoms with Crippen LogP contribution in [0.5, 0.6) is 5.75 Å². The third kappa shape index (κ3) is 6.25. The fourth-order valence-corrected chi connectivity index (χ4v) is 3.31. The predicted octanol–water partition coefficient (Wildman–Crippen LogP) is 1.95. The molecule has 1 heterocycles. The zero-order chi connectivity index (χ0) is 18.4. The van der Waals surface area contributed by atoms with E-state index in [2.05, 4.69) is 10.3 Å². The van der Waals surface area contributed by atoms with Gasteiger partial charge in [-0.2, -0.15) is 8.42 Å². The number of hydrogen-bond donors (Lipinski definition) is 2. The molecule has 2 rings (SSSR count). The smallest absolute Gasteiger partial charge is 0.283 e. The maximum absolute atomic E-state index is 11.6. The summed E-state index contributed by atoms with van der Waals surface area (Å²) in [5.74, 6) is -0.849. The number of amides is 1. The van der Waals surface area contributed by atoms with E-state index in [-0.39, 0.29) is 13.2 Å². The quantitative estimate of drug-likeness (QED) is 0.508. The van der Waals surface area contributed by atoms with Crippen molar-refractivity contribution in [3.8, 4) is 16.3 Å². The van der Waals surface area contributed by atoms with Crippen LogP contribution >= 0.6 is 22.9 Å². The van der Waals surface area contributed by atoms with Crippen LogP contribution in [0.2, 0.25) is 5.02 Å². The number of ether oxygens (including phenoxy) is 2. The average molecular weight is 407 g/mol. The normalized spacial score (nSPS) is 11.3. The summed E-state index contributed by atoms with van der Waals surface area (Å²) in [6.45, 7) is 0.107. The molecule has 0 aliphatic rings. The monoisotopic (exact) mass is 406 g/mol. The molecular formula is C14H15ClN2O6S2. The lowest BCUT2D eigenvalue weighted by molar-refractivity contribution is -0.120. The molecular weight excluding hydrogens is 392 g/mol. The molecule has 2 aromatic rings. The van der Waals surface area contributed by atoms with Gasteiger partial charge in [0.25, 0.3) is 10.1 Å². The molecule has 1 amide bonds. The number of carbonyl (C=O) groups excluding carboxylic acids is 1. The van der Waals surface area contributed by atoms with E-state index in [1.807, 2.05) is 0 Å². The van der Waals surface area contributed by atoms with Crippen LogP contribution in [0.15, 0.2) is 23.6 Å². The van der Waals surface area contributed by atoms with E-state index in [4.69, 9.17) is 25.6 Å². The van der Waals surface area contributed by atoms with Crippen molar-refractivity contribution >= 4 is 39.0 Å². The second-order valence-corrected chi connectivity index (χ2v) is 7.56. The Morgan fingerprint density at radius 3 is 2.84 bits per heavy atom. The summed E-state index contributed by atoms with van der Waals surface area (Å²) in [5.41, 5.74) is 1.14. The van der Waals surface area contributed by atoms with E-state index in [1.54, 1.807) is 23.6 Å². The van der Waals surface area contributed by atoms with Gasteiger partial charge >= 0.3 is 0 Å². The molecule has 0 unspecified atom stereocenters. The SMILES string of the molecule is COCOc1ccc(-c2nc(CC(=O)NCS(=O)(=O)O)cs2)c(Cl)c1. The Labute approximate surface area is 153 Å². The van der Waals surface area contributed by atoms with Crippen LogP contribution in [0.1, 0.15) is 5.69 Å². The zero-order valence-electron chi connectivity index (χ0n) is 13.1. The first-order chi connectivity index (χ1) is 11.8. The second-order valence-electron chi connectivity index (χ2n) is 4.84. The van der Waals surface area contributed by atoms with Crippen LogP contribution in [0.3, 0.4) is 0 Å². The van der Waals surface area contributed by atoms with Crippen molar-refractivity contribution < 1.29 is 27.2 Å². The van der Waals surface area contributed by atoms with Gasteiger partial charge in [-0.3, -0.25) is 9.35 Å². The predicted molar refractivity (Wildman–Crippen MR) is 93.3 cm³/mol. The minimum Gasteiger partial charge on any atom is -0.468 e. The molecule has 11 heteroatoms. The van der Waals surface area contributed by atoms with Gasteiger partial charge in [-0.1, -0.05) is 11.6 Å². The Bertz CT molecular complexity index is 853. The fraction of sp³-hybridized carbons (Fsp3) is 0.286. The summed E-state index contributed by atoms with van der Waals surface area (Å²) in [7, 11) is -2.74. The highest BCUT2D eigenvalue weighted by Crippen LogP contribution is 2.33. The van der Waals surface area contributed by atoms with E-state index in [9.17, 15) is 13.2 Å². The lowest BCUT2D eigenvalue weighted by atomic mass is 10.2. The minimum absolute atomic E-state index is 0.107. The molecule has 0 bridgehead atoms. The van der Waals surface area contributed by atoms with Crippen LogP contribution in [0, 0.1) is 0 Å². The number of benzene rings is 1. The first-order valence-corrected chi connectivity index (χ1v) is 9.73. The van der Waals surface area contributed by atoms with Gasteiger partial charge < -0.3 is 14.8 Å². The van der Waals surface area contributed by atoms with Gasteiger partial charge in [0.05, 0.1) is 17.1 Å². The molecule has 0 aliphatic carbocycles. The molecule has 1 aromatic carbocycles. The Morgan fingerprint density at radius 1 is 1.44 bits per heavy atom. The number of thiazole rings is 1. The average Bonchev–Trinajstić information content (AvgIpc) is 2.98. The van der Waals surface area contributed by atoms with Crippen LogP contribution in [-0.2, 0) is 26.1 Å². The highest BCUT2D eigenvalue weighted by molar-refractivity contribution is 7.85. The third-order valence-electron chi connectivity index (χ3n) is 2.86. The van der Waals surface area contributed by atoms with Gasteiger partial charge in [0.1, 0.15) is 16.6 Å². The summed E-state index contributed by atoms with van der Waals surface area (Å²) in [4.78, 5) is 16.0. The summed E-state index contributed by atoms with van der Waals surface area (Å²) < 4.78 is 39.9. The van der Waals surface area contributed by atoms with Crippen LogP contribution in [-0.4, -0.2) is 43.6 Å². The number of rotatable bonds is 8. The molecule has 1 aromatic heterocycles. The van der Waals surface area contributed by atoms with E-state index in [0.717, 1.165) is 0 Å². The molecule has 0 aliphatic heterocycles. The Kier molecular flexibility index (Phi) is 6.73. The van der Waals surface area contributed by atoms with Gasteiger partial charge in [0, 0.05) is 18.1 Å². The molecule has 0 fully saturated rings. The van der Waals surface area contributed by atoms with E-state index in [0.29, 0.717) is 27.0 Å². The lowest BCUT2D eigenvalue weighted by Gasteiger charge is -2.06. The van der Waals surface area contributed by atoms with Gasteiger partial charge in [-0.05, 0) is 18.2 Å². The molecule has 8 nitrogen and oxygen atoms in total. The van der Waals surface area contributed by atoms with Gasteiger partial charge in [-0.25, -0.2) is 4.98 Å². The van der Waals surface area contributed by atoms with Gasteiger partial charge in [-0.15, -0.1) is 11.3 Å². The van der Waals surface area contributed by atoms with Crippen molar-refractivity contribution in [3.63, 3.8) is 0 Å². The summed E-state index contributed by atoms with van der Waals surface area (Å²) >= 11 is 7.53. The minimum atomic E-state index is -4.25. The molecule has 2 N–H and O–H groups in total. The number of nitrogens with zero attached hydrogens (tertiary/aromatic N) is 1. The topological polar surface area (TPSA) is 115 Å². The third-order valence-corrected chi connectivity index (χ3v) is 4.61. The molecule has 0 saturated heterocycles. The second kappa shape index (κ2) is 8.59. The van der Waals surface area contributed by atoms with Crippen molar-refractivity contribution in [2.45, 2.75) is 6.42 Å². The summed E-state index contributed by atoms with van der Waals surface area (Å²) in [6.07, 6.45) is -0.112. The number of nitrogens with one attached hydrogen (secondary N) is 1. The van der Waals surface area contributed by atoms with Crippen molar-refractivity contribution in [1.29, 1.82) is 0 Å². The Morgan fingerprint density at radius 2 is 2.20 bits per heavy atom. The molecule has 0 saturated carbocycles. The summed E-state index contributed by atoms with van der Waals surface area (Å²) in [6, 6.07) is 5.10. The molecule has 136 valence electrons. The molecule has 0 radical (unpaired) electrons. The van der Waals surface area contributed by atoms with Crippen LogP contribution < -0.4 is 10.1 Å². The van der Waals surface area contributed by atoms with Gasteiger partial charge in [0.2, 0.25) is 5.91 Å². The largest absolute Gasteiger partial charge is 0.468 e. The van der Waals surface area contributed by atoms with Crippen molar-refractivity contribution in [2.24, 2.45) is 0 Å². The van der Waals surface area contributed by atoms with Gasteiger partial charge in [0.15, 0.2) is 6.79 Å². The standard InChI is InChI=1S/C14H15ClN2O6S2/c1-22-8-23-10-2-3-11(12(15)5-10)14-17-9(6-24-14)4-13(18)16-7-25(19,20)21/h2-3,5-6H,4,7-8H2,1H3,(H,16,18)(H,19,20,21). The van der Waals surface area contributed by atoms with Crippen molar-refractivity contribution in [1.82, 2.24) is 10.3 Å². The maximum atomic E-state index is 11.6. The zero-order valence-corrected chi connectivity index (χ0v) is 15.4. The van der Waals surface area contributed by atoms with Crippen molar-refractivity contribution in [3.05, 3.63) is 34.3 Å². The highest BCUT2D eigenvalue weighted by atomic mass is 35.5. The number of methoxy groups -OCH3 is 1. The van der Waals surface area contributed by atoms with Crippen molar-refractivity contribution in [2.75, 3.05) is 19.8 Å². The first kappa shape index (κ1) is 19.6. The first-order valence-electron chi connectivity index (χ1n) is 6.86. The number of hydrogen-bond acceptors (Lipinski definition) is 7. The van der Waals surface area contributed by atoms with Crippen LogP contribution in [0.4, 0.5) is 0 Å². The highest BCUT2D eigenvalue weighted by Gasteiger charge is 2.13. The van der Waals surface area contributed by atoms with E-state index in [1.165, 1.54) is 18.4 Å². The Balaban J connectivity index is 2.04. The molecule has 0 spiro atoms. The van der Waals surface area contributed by atoms with E-state index < -0.39 is 21.9 Å². The lowest BCUT2D eigenvalue weighted by Crippen LogP contribution is -2.30. The number of carbonyl (C=O) groups is 1. The number of halogens is 1. The van der Waals surface area contributed by atoms with Crippen LogP contribution in [0.25, 0.3) is 10.6 Å².